The Labute approximate surface area is 141 Å². The Morgan fingerprint density at radius 3 is 2.65 bits per heavy atom. The average Bonchev–Trinajstić information content (AvgIpc) is 2.42. The van der Waals surface area contributed by atoms with Crippen LogP contribution < -0.4 is 4.72 Å². The van der Waals surface area contributed by atoms with Gasteiger partial charge in [0.15, 0.2) is 0 Å². The summed E-state index contributed by atoms with van der Waals surface area (Å²) in [6.07, 6.45) is 1.22. The molecular formula is C15H21ClN2O4S. The molecule has 2 N–H and O–H groups in total. The molecule has 1 aromatic carbocycles. The van der Waals surface area contributed by atoms with Crippen LogP contribution in [0.5, 0.6) is 0 Å². The van der Waals surface area contributed by atoms with Crippen LogP contribution in [0.4, 0.5) is 0 Å². The second kappa shape index (κ2) is 7.17. The van der Waals surface area contributed by atoms with Crippen LogP contribution in [0.2, 0.25) is 5.02 Å². The van der Waals surface area contributed by atoms with Gasteiger partial charge in [-0.15, -0.1) is 0 Å². The van der Waals surface area contributed by atoms with Gasteiger partial charge in [0, 0.05) is 17.1 Å². The highest BCUT2D eigenvalue weighted by atomic mass is 35.5. The van der Waals surface area contributed by atoms with E-state index in [-0.39, 0.29) is 23.5 Å². The maximum Gasteiger partial charge on any atom is 0.317 e. The van der Waals surface area contributed by atoms with Gasteiger partial charge < -0.3 is 5.11 Å². The first-order valence-corrected chi connectivity index (χ1v) is 9.34. The smallest absolute Gasteiger partial charge is 0.317 e. The molecule has 2 rings (SSSR count). The molecule has 0 aromatic heterocycles. The van der Waals surface area contributed by atoms with Crippen LogP contribution in [-0.4, -0.2) is 49.6 Å². The lowest BCUT2D eigenvalue weighted by molar-refractivity contribution is -0.139. The van der Waals surface area contributed by atoms with Crippen LogP contribution in [0.15, 0.2) is 23.1 Å². The van der Waals surface area contributed by atoms with Gasteiger partial charge in [0.1, 0.15) is 0 Å². The number of hydrogen-bond acceptors (Lipinski definition) is 4. The van der Waals surface area contributed by atoms with Gasteiger partial charge in [-0.1, -0.05) is 24.6 Å². The predicted octanol–water partition coefficient (Wildman–Crippen LogP) is 1.86. The molecule has 0 aliphatic heterocycles. The van der Waals surface area contributed by atoms with Crippen molar-refractivity contribution in [2.75, 3.05) is 13.1 Å². The van der Waals surface area contributed by atoms with E-state index in [2.05, 4.69) is 4.72 Å². The van der Waals surface area contributed by atoms with E-state index in [1.165, 1.54) is 6.07 Å². The first-order chi connectivity index (χ1) is 10.7. The Balaban J connectivity index is 1.99. The van der Waals surface area contributed by atoms with E-state index < -0.39 is 16.0 Å². The second-order valence-corrected chi connectivity index (χ2v) is 7.85. The number of nitrogens with one attached hydrogen (secondary N) is 1. The minimum atomic E-state index is -3.62. The van der Waals surface area contributed by atoms with Crippen molar-refractivity contribution >= 4 is 27.6 Å². The van der Waals surface area contributed by atoms with Gasteiger partial charge in [-0.05, 0) is 44.0 Å². The van der Waals surface area contributed by atoms with Gasteiger partial charge in [0.25, 0.3) is 0 Å². The molecule has 0 spiro atoms. The van der Waals surface area contributed by atoms with Gasteiger partial charge in [-0.3, -0.25) is 9.69 Å². The van der Waals surface area contributed by atoms with Crippen LogP contribution in [0.3, 0.4) is 0 Å². The summed E-state index contributed by atoms with van der Waals surface area (Å²) < 4.78 is 27.6. The van der Waals surface area contributed by atoms with E-state index in [0.717, 1.165) is 0 Å². The van der Waals surface area contributed by atoms with Crippen molar-refractivity contribution < 1.29 is 18.3 Å². The van der Waals surface area contributed by atoms with E-state index in [9.17, 15) is 13.2 Å². The zero-order valence-corrected chi connectivity index (χ0v) is 14.7. The highest BCUT2D eigenvalue weighted by Crippen LogP contribution is 2.28. The number of hydrogen-bond donors (Lipinski definition) is 2. The zero-order chi connectivity index (χ0) is 17.2. The number of rotatable bonds is 7. The molecule has 0 saturated heterocycles. The number of likely N-dealkylation sites (N-methyl/N-ethyl adjacent to an activating group) is 1. The first kappa shape index (κ1) is 18.2. The molecule has 1 fully saturated rings. The molecule has 0 atom stereocenters. The van der Waals surface area contributed by atoms with Gasteiger partial charge in [0.05, 0.1) is 11.4 Å². The molecule has 23 heavy (non-hydrogen) atoms. The summed E-state index contributed by atoms with van der Waals surface area (Å²) in [6.45, 7) is 4.18. The van der Waals surface area contributed by atoms with Gasteiger partial charge in [0.2, 0.25) is 10.0 Å². The first-order valence-electron chi connectivity index (χ1n) is 7.48. The maximum absolute atomic E-state index is 12.5. The fourth-order valence-corrected chi connectivity index (χ4v) is 4.58. The van der Waals surface area contributed by atoms with Crippen molar-refractivity contribution in [3.8, 4) is 0 Å². The molecule has 0 heterocycles. The van der Waals surface area contributed by atoms with Crippen LogP contribution in [0, 0.1) is 6.92 Å². The van der Waals surface area contributed by atoms with Crippen molar-refractivity contribution in [3.63, 3.8) is 0 Å². The molecule has 1 saturated carbocycles. The van der Waals surface area contributed by atoms with Crippen LogP contribution in [-0.2, 0) is 14.8 Å². The summed E-state index contributed by atoms with van der Waals surface area (Å²) in [5, 5.41) is 9.29. The fourth-order valence-electron chi connectivity index (χ4n) is 2.82. The van der Waals surface area contributed by atoms with Crippen LogP contribution >= 0.6 is 11.6 Å². The lowest BCUT2D eigenvalue weighted by Crippen LogP contribution is -2.54. The topological polar surface area (TPSA) is 86.7 Å². The summed E-state index contributed by atoms with van der Waals surface area (Å²) in [4.78, 5) is 12.8. The Hall–Kier alpha value is -1.15. The number of sulfonamides is 1. The number of carboxylic acids is 1. The molecule has 0 bridgehead atoms. The molecule has 0 unspecified atom stereocenters. The van der Waals surface area contributed by atoms with E-state index in [4.69, 9.17) is 16.7 Å². The summed E-state index contributed by atoms with van der Waals surface area (Å²) in [5.41, 5.74) is 0.526. The minimum Gasteiger partial charge on any atom is -0.480 e. The molecule has 1 aliphatic rings. The minimum absolute atomic E-state index is 0.0198. The number of halogens is 1. The Morgan fingerprint density at radius 1 is 1.43 bits per heavy atom. The number of carboxylic acid groups (broad SMARTS) is 1. The Morgan fingerprint density at radius 2 is 2.09 bits per heavy atom. The number of carbonyl (C=O) groups is 1. The van der Waals surface area contributed by atoms with Crippen LogP contribution in [0.25, 0.3) is 0 Å². The summed E-state index contributed by atoms with van der Waals surface area (Å²) in [6, 6.07) is 4.72. The van der Waals surface area contributed by atoms with E-state index in [1.807, 2.05) is 11.8 Å². The molecule has 0 radical (unpaired) electrons. The van der Waals surface area contributed by atoms with Crippen molar-refractivity contribution in [1.29, 1.82) is 0 Å². The monoisotopic (exact) mass is 360 g/mol. The Bertz CT molecular complexity index is 687. The van der Waals surface area contributed by atoms with Crippen molar-refractivity contribution in [3.05, 3.63) is 28.8 Å². The van der Waals surface area contributed by atoms with E-state index in [1.54, 1.807) is 19.1 Å². The number of nitrogens with zero attached hydrogens (tertiary/aromatic N) is 1. The zero-order valence-electron chi connectivity index (χ0n) is 13.1. The molecular weight excluding hydrogens is 340 g/mol. The summed E-state index contributed by atoms with van der Waals surface area (Å²) in [5.74, 6) is -0.870. The molecule has 1 aliphatic carbocycles. The summed E-state index contributed by atoms with van der Waals surface area (Å²) in [7, 11) is -3.62. The molecule has 1 aromatic rings. The van der Waals surface area contributed by atoms with Gasteiger partial charge >= 0.3 is 5.97 Å². The maximum atomic E-state index is 12.5. The quantitative estimate of drug-likeness (QED) is 0.775. The number of benzene rings is 1. The molecule has 8 heteroatoms. The van der Waals surface area contributed by atoms with Crippen LogP contribution in [0.1, 0.15) is 25.3 Å². The Kier molecular flexibility index (Phi) is 5.67. The lowest BCUT2D eigenvalue weighted by atomic mass is 9.86. The third kappa shape index (κ3) is 4.23. The summed E-state index contributed by atoms with van der Waals surface area (Å²) >= 11 is 5.98. The third-order valence-electron chi connectivity index (χ3n) is 4.20. The van der Waals surface area contributed by atoms with E-state index >= 15 is 0 Å². The van der Waals surface area contributed by atoms with Gasteiger partial charge in [-0.25, -0.2) is 13.1 Å². The van der Waals surface area contributed by atoms with E-state index in [0.29, 0.717) is 30.0 Å². The highest BCUT2D eigenvalue weighted by Gasteiger charge is 2.36. The SMILES string of the molecule is CCN(CC(=O)O)C1CC(NS(=O)(=O)c2cccc(Cl)c2C)C1. The second-order valence-electron chi connectivity index (χ2n) is 5.76. The van der Waals surface area contributed by atoms with Crippen molar-refractivity contribution in [2.45, 2.75) is 43.7 Å². The molecule has 128 valence electrons. The fraction of sp³-hybridized carbons (Fsp3) is 0.533. The highest BCUT2D eigenvalue weighted by molar-refractivity contribution is 7.89. The standard InChI is InChI=1S/C15H21ClN2O4S/c1-3-18(9-15(19)20)12-7-11(8-12)17-23(21,22)14-6-4-5-13(16)10(14)2/h4-6,11-12,17H,3,7-9H2,1-2H3,(H,19,20). The number of aliphatic carboxylic acids is 1. The predicted molar refractivity (Wildman–Crippen MR) is 88.2 cm³/mol. The average molecular weight is 361 g/mol. The largest absolute Gasteiger partial charge is 0.480 e. The van der Waals surface area contributed by atoms with Crippen molar-refractivity contribution in [2.24, 2.45) is 0 Å². The van der Waals surface area contributed by atoms with Crippen molar-refractivity contribution in [1.82, 2.24) is 9.62 Å². The third-order valence-corrected chi connectivity index (χ3v) is 6.28. The normalized spacial score (nSPS) is 21.2. The molecule has 0 amide bonds. The lowest BCUT2D eigenvalue weighted by Gasteiger charge is -2.42. The van der Waals surface area contributed by atoms with Gasteiger partial charge in [-0.2, -0.15) is 0 Å². The molecule has 6 nitrogen and oxygen atoms in total.